The number of aromatic nitrogens is 3. The van der Waals surface area contributed by atoms with Gasteiger partial charge in [0.15, 0.2) is 11.5 Å². The van der Waals surface area contributed by atoms with Crippen molar-refractivity contribution in [3.8, 4) is 17.0 Å². The van der Waals surface area contributed by atoms with Crippen LogP contribution in [-0.4, -0.2) is 56.7 Å². The molecule has 0 unspecified atom stereocenters. The summed E-state index contributed by atoms with van der Waals surface area (Å²) < 4.78 is 5.41. The van der Waals surface area contributed by atoms with Crippen molar-refractivity contribution in [1.82, 2.24) is 20.3 Å². The first-order valence-corrected chi connectivity index (χ1v) is 14.6. The Kier molecular flexibility index (Phi) is 8.62. The fourth-order valence-electron chi connectivity index (χ4n) is 4.90. The van der Waals surface area contributed by atoms with Crippen molar-refractivity contribution in [1.29, 1.82) is 0 Å². The van der Waals surface area contributed by atoms with E-state index in [-0.39, 0.29) is 27.6 Å². The van der Waals surface area contributed by atoms with Crippen LogP contribution < -0.4 is 15.5 Å². The number of phenolic OH excluding ortho intramolecular Hbond substituents is 1. The Labute approximate surface area is 259 Å². The van der Waals surface area contributed by atoms with E-state index in [1.54, 1.807) is 30.5 Å². The predicted octanol–water partition coefficient (Wildman–Crippen LogP) is 7.14. The number of Topliss-reactive ketones (excluding diaryl/α,β-unsaturated/α-hetero) is 1. The molecule has 0 spiro atoms. The Morgan fingerprint density at radius 1 is 1.07 bits per heavy atom. The lowest BCUT2D eigenvalue weighted by Gasteiger charge is -2.34. The number of carbonyl (C=O) groups excluding carboxylic acids is 2. The second-order valence-electron chi connectivity index (χ2n) is 11.4. The number of nitrogens with zero attached hydrogens (tertiary/aromatic N) is 4. The third-order valence-electron chi connectivity index (χ3n) is 6.89. The topological polar surface area (TPSA) is 130 Å². The number of fused-ring (bicyclic) bond motifs is 1. The molecule has 43 heavy (non-hydrogen) atoms. The van der Waals surface area contributed by atoms with Crippen molar-refractivity contribution in [2.45, 2.75) is 52.2 Å². The van der Waals surface area contributed by atoms with Crippen molar-refractivity contribution < 1.29 is 19.4 Å². The normalized spacial score (nSPS) is 15.3. The molecule has 1 amide bonds. The quantitative estimate of drug-likeness (QED) is 0.192. The highest BCUT2D eigenvalue weighted by molar-refractivity contribution is 6.37. The molecule has 3 N–H and O–H groups in total. The zero-order chi connectivity index (χ0) is 30.9. The van der Waals surface area contributed by atoms with Gasteiger partial charge >= 0.3 is 6.09 Å². The summed E-state index contributed by atoms with van der Waals surface area (Å²) in [4.78, 5) is 40.9. The second-order valence-corrected chi connectivity index (χ2v) is 12.2. The van der Waals surface area contributed by atoms with Gasteiger partial charge in [-0.2, -0.15) is 0 Å². The first-order valence-electron chi connectivity index (χ1n) is 13.8. The van der Waals surface area contributed by atoms with Crippen LogP contribution in [0, 0.1) is 0 Å². The van der Waals surface area contributed by atoms with Crippen molar-refractivity contribution in [3.63, 3.8) is 0 Å². The van der Waals surface area contributed by atoms with Gasteiger partial charge in [0.1, 0.15) is 16.9 Å². The molecule has 1 aliphatic rings. The Bertz CT molecular complexity index is 1670. The molecule has 0 bridgehead atoms. The lowest BCUT2D eigenvalue weighted by Crippen LogP contribution is -2.49. The minimum absolute atomic E-state index is 0.0527. The van der Waals surface area contributed by atoms with E-state index < -0.39 is 11.7 Å². The number of halogens is 2. The van der Waals surface area contributed by atoms with Gasteiger partial charge in [0.25, 0.3) is 0 Å². The Hall–Kier alpha value is -4.15. The van der Waals surface area contributed by atoms with E-state index in [9.17, 15) is 14.7 Å². The summed E-state index contributed by atoms with van der Waals surface area (Å²) in [5.74, 6) is 0.390. The highest BCUT2D eigenvalue weighted by Gasteiger charge is 2.25. The second kappa shape index (κ2) is 12.2. The Morgan fingerprint density at radius 3 is 2.47 bits per heavy atom. The zero-order valence-electron chi connectivity index (χ0n) is 24.2. The van der Waals surface area contributed by atoms with Gasteiger partial charge in [-0.05, 0) is 76.9 Å². The summed E-state index contributed by atoms with van der Waals surface area (Å²) in [6.07, 6.45) is 4.55. The molecule has 0 radical (unpaired) electrons. The van der Waals surface area contributed by atoms with Gasteiger partial charge < -0.3 is 25.4 Å². The molecule has 1 aromatic carbocycles. The smallest absolute Gasteiger partial charge is 0.407 e. The Morgan fingerprint density at radius 2 is 1.81 bits per heavy atom. The Balaban J connectivity index is 1.40. The van der Waals surface area contributed by atoms with Crippen molar-refractivity contribution in [3.05, 3.63) is 64.4 Å². The van der Waals surface area contributed by atoms with Crippen LogP contribution in [0.3, 0.4) is 0 Å². The third kappa shape index (κ3) is 7.09. The number of carbonyl (C=O) groups is 2. The summed E-state index contributed by atoms with van der Waals surface area (Å²) in [5.41, 5.74) is 3.14. The number of hydrogen-bond donors (Lipinski definition) is 3. The van der Waals surface area contributed by atoms with Gasteiger partial charge in [-0.25, -0.2) is 14.8 Å². The van der Waals surface area contributed by atoms with E-state index in [1.165, 1.54) is 13.1 Å². The summed E-state index contributed by atoms with van der Waals surface area (Å²) in [6, 6.07) is 10.4. The van der Waals surface area contributed by atoms with Gasteiger partial charge in [0.05, 0.1) is 44.4 Å². The first-order chi connectivity index (χ1) is 20.4. The van der Waals surface area contributed by atoms with Crippen LogP contribution in [0.4, 0.5) is 22.0 Å². The highest BCUT2D eigenvalue weighted by atomic mass is 35.5. The van der Waals surface area contributed by atoms with Crippen LogP contribution >= 0.6 is 23.2 Å². The van der Waals surface area contributed by atoms with Gasteiger partial charge in [0.2, 0.25) is 0 Å². The molecule has 4 aromatic rings. The number of benzene rings is 1. The van der Waals surface area contributed by atoms with Crippen LogP contribution in [0.5, 0.6) is 5.75 Å². The maximum Gasteiger partial charge on any atom is 0.407 e. The summed E-state index contributed by atoms with van der Waals surface area (Å²) in [6.45, 7) is 8.41. The van der Waals surface area contributed by atoms with E-state index in [0.717, 1.165) is 25.2 Å². The molecular formula is C31H32Cl2N6O4. The van der Waals surface area contributed by atoms with Crippen molar-refractivity contribution in [2.75, 3.05) is 23.3 Å². The SMILES string of the molecule is CC(=O)c1cnc2ccc(-c3cc(Cl)c(O)c(Cl)c3)nc2c1Nc1ccc(N2CCC[C@@H](NC(=O)OC(C)(C)C)C2)nc1. The highest BCUT2D eigenvalue weighted by Crippen LogP contribution is 2.37. The lowest BCUT2D eigenvalue weighted by atomic mass is 10.1. The number of amides is 1. The number of piperidine rings is 1. The first kappa shape index (κ1) is 30.3. The fourth-order valence-corrected chi connectivity index (χ4v) is 5.39. The van der Waals surface area contributed by atoms with E-state index in [4.69, 9.17) is 32.9 Å². The minimum atomic E-state index is -0.560. The van der Waals surface area contributed by atoms with Crippen LogP contribution in [0.1, 0.15) is 50.9 Å². The molecule has 224 valence electrons. The zero-order valence-corrected chi connectivity index (χ0v) is 25.8. The van der Waals surface area contributed by atoms with Crippen LogP contribution in [0.25, 0.3) is 22.3 Å². The number of hydrogen-bond acceptors (Lipinski definition) is 9. The molecule has 4 heterocycles. The number of anilines is 3. The van der Waals surface area contributed by atoms with Crippen molar-refractivity contribution >= 4 is 63.3 Å². The number of nitrogens with one attached hydrogen (secondary N) is 2. The largest absolute Gasteiger partial charge is 0.505 e. The summed E-state index contributed by atoms with van der Waals surface area (Å²) >= 11 is 12.3. The molecule has 1 saturated heterocycles. The molecule has 1 aliphatic heterocycles. The molecule has 5 rings (SSSR count). The fraction of sp³-hybridized carbons (Fsp3) is 0.323. The average Bonchev–Trinajstić information content (AvgIpc) is 2.95. The number of phenols is 1. The maximum atomic E-state index is 12.6. The number of ketones is 1. The van der Waals surface area contributed by atoms with Crippen LogP contribution in [-0.2, 0) is 4.74 Å². The monoisotopic (exact) mass is 622 g/mol. The standard InChI is InChI=1S/C31H32Cl2N6O4/c1-17(40)21-15-34-25-9-8-24(18-12-22(32)29(41)23(33)13-18)38-28(25)27(21)36-19-7-10-26(35-14-19)39-11-5-6-20(16-39)37-30(42)43-31(2,3)4/h7-10,12-15,20,41H,5-6,11,16H2,1-4H3,(H,34,36)(H,37,42)/t20-/m1/s1. The van der Waals surface area contributed by atoms with Crippen molar-refractivity contribution in [2.24, 2.45) is 0 Å². The number of aromatic hydroxyl groups is 1. The molecule has 3 aromatic heterocycles. The lowest BCUT2D eigenvalue weighted by molar-refractivity contribution is 0.0499. The average molecular weight is 624 g/mol. The predicted molar refractivity (Wildman–Crippen MR) is 169 cm³/mol. The van der Waals surface area contributed by atoms with Gasteiger partial charge in [-0.15, -0.1) is 0 Å². The molecule has 1 atom stereocenters. The van der Waals surface area contributed by atoms with Crippen LogP contribution in [0.2, 0.25) is 10.0 Å². The van der Waals surface area contributed by atoms with Gasteiger partial charge in [-0.3, -0.25) is 9.78 Å². The van der Waals surface area contributed by atoms with E-state index in [2.05, 4.69) is 25.5 Å². The molecule has 1 fully saturated rings. The number of ether oxygens (including phenoxy) is 1. The van der Waals surface area contributed by atoms with E-state index >= 15 is 0 Å². The minimum Gasteiger partial charge on any atom is -0.505 e. The van der Waals surface area contributed by atoms with E-state index in [1.807, 2.05) is 32.9 Å². The molecule has 12 heteroatoms. The molecule has 0 saturated carbocycles. The maximum absolute atomic E-state index is 12.6. The van der Waals surface area contributed by atoms with Gasteiger partial charge in [0, 0.05) is 30.9 Å². The number of alkyl carbamates (subject to hydrolysis) is 1. The molecular weight excluding hydrogens is 591 g/mol. The van der Waals surface area contributed by atoms with Gasteiger partial charge in [-0.1, -0.05) is 23.2 Å². The third-order valence-corrected chi connectivity index (χ3v) is 7.46. The number of rotatable bonds is 6. The molecule has 10 nitrogen and oxygen atoms in total. The number of pyridine rings is 3. The molecule has 0 aliphatic carbocycles. The summed E-state index contributed by atoms with van der Waals surface area (Å²) in [7, 11) is 0. The summed E-state index contributed by atoms with van der Waals surface area (Å²) in [5, 5.41) is 16.5. The van der Waals surface area contributed by atoms with Crippen LogP contribution in [0.15, 0.2) is 48.8 Å². The van der Waals surface area contributed by atoms with E-state index in [0.29, 0.717) is 45.8 Å².